The zero-order valence-corrected chi connectivity index (χ0v) is 21.7. The SMILES string of the molecule is CN=C(NCCCN1CCN(c2ccccc2)CC1)NCc1ccc(OC)c(OC)c1.I. The molecule has 32 heavy (non-hydrogen) atoms. The molecule has 1 saturated heterocycles. The molecule has 0 atom stereocenters. The van der Waals surface area contributed by atoms with Crippen LogP contribution in [-0.4, -0.2) is 71.4 Å². The molecule has 0 saturated carbocycles. The zero-order chi connectivity index (χ0) is 21.9. The van der Waals surface area contributed by atoms with Gasteiger partial charge in [-0.15, -0.1) is 24.0 Å². The summed E-state index contributed by atoms with van der Waals surface area (Å²) in [5, 5.41) is 6.77. The summed E-state index contributed by atoms with van der Waals surface area (Å²) in [6.45, 7) is 7.06. The van der Waals surface area contributed by atoms with Crippen molar-refractivity contribution < 1.29 is 9.47 Å². The molecule has 8 heteroatoms. The van der Waals surface area contributed by atoms with Gasteiger partial charge in [-0.2, -0.15) is 0 Å². The van der Waals surface area contributed by atoms with Gasteiger partial charge < -0.3 is 25.0 Å². The van der Waals surface area contributed by atoms with E-state index in [2.05, 4.69) is 55.8 Å². The average molecular weight is 553 g/mol. The van der Waals surface area contributed by atoms with Crippen molar-refractivity contribution in [1.29, 1.82) is 0 Å². The predicted octanol–water partition coefficient (Wildman–Crippen LogP) is 3.20. The summed E-state index contributed by atoms with van der Waals surface area (Å²) >= 11 is 0. The van der Waals surface area contributed by atoms with E-state index in [0.29, 0.717) is 6.54 Å². The molecule has 0 bridgehead atoms. The lowest BCUT2D eigenvalue weighted by atomic mass is 10.2. The summed E-state index contributed by atoms with van der Waals surface area (Å²) in [7, 11) is 5.09. The normalized spacial score (nSPS) is 14.5. The van der Waals surface area contributed by atoms with E-state index in [1.165, 1.54) is 5.69 Å². The Labute approximate surface area is 209 Å². The van der Waals surface area contributed by atoms with Crippen LogP contribution in [0.5, 0.6) is 11.5 Å². The number of rotatable bonds is 9. The fraction of sp³-hybridized carbons (Fsp3) is 0.458. The first-order valence-electron chi connectivity index (χ1n) is 10.9. The lowest BCUT2D eigenvalue weighted by molar-refractivity contribution is 0.255. The Hall–Kier alpha value is -2.20. The van der Waals surface area contributed by atoms with E-state index in [0.717, 1.165) is 68.7 Å². The minimum absolute atomic E-state index is 0. The molecule has 1 aliphatic rings. The van der Waals surface area contributed by atoms with Gasteiger partial charge in [-0.25, -0.2) is 0 Å². The number of benzene rings is 2. The molecule has 3 rings (SSSR count). The third-order valence-electron chi connectivity index (χ3n) is 5.57. The summed E-state index contributed by atoms with van der Waals surface area (Å²) in [5.41, 5.74) is 2.44. The second kappa shape index (κ2) is 14.1. The van der Waals surface area contributed by atoms with Crippen LogP contribution in [0.3, 0.4) is 0 Å². The molecule has 0 aliphatic carbocycles. The van der Waals surface area contributed by atoms with Gasteiger partial charge in [-0.3, -0.25) is 9.89 Å². The average Bonchev–Trinajstić information content (AvgIpc) is 2.84. The number of halogens is 1. The Morgan fingerprint density at radius 3 is 2.31 bits per heavy atom. The summed E-state index contributed by atoms with van der Waals surface area (Å²) < 4.78 is 10.7. The molecule has 0 radical (unpaired) electrons. The first-order chi connectivity index (χ1) is 15.2. The highest BCUT2D eigenvalue weighted by atomic mass is 127. The van der Waals surface area contributed by atoms with Crippen LogP contribution >= 0.6 is 24.0 Å². The number of nitrogens with one attached hydrogen (secondary N) is 2. The van der Waals surface area contributed by atoms with Gasteiger partial charge in [0.05, 0.1) is 14.2 Å². The van der Waals surface area contributed by atoms with Gasteiger partial charge in [0.15, 0.2) is 17.5 Å². The lowest BCUT2D eigenvalue weighted by Crippen LogP contribution is -2.47. The number of aliphatic imine (C=N–C) groups is 1. The highest BCUT2D eigenvalue weighted by molar-refractivity contribution is 14.0. The zero-order valence-electron chi connectivity index (χ0n) is 19.3. The molecule has 2 N–H and O–H groups in total. The molecule has 0 amide bonds. The number of hydrogen-bond acceptors (Lipinski definition) is 5. The van der Waals surface area contributed by atoms with Gasteiger partial charge in [-0.05, 0) is 42.8 Å². The molecule has 2 aromatic rings. The third kappa shape index (κ3) is 7.74. The fourth-order valence-corrected chi connectivity index (χ4v) is 3.77. The number of piperazine rings is 1. The van der Waals surface area contributed by atoms with E-state index in [4.69, 9.17) is 9.47 Å². The van der Waals surface area contributed by atoms with Gasteiger partial charge in [0.2, 0.25) is 0 Å². The summed E-state index contributed by atoms with van der Waals surface area (Å²) in [6.07, 6.45) is 1.09. The van der Waals surface area contributed by atoms with Gasteiger partial charge in [0, 0.05) is 52.0 Å². The second-order valence-electron chi connectivity index (χ2n) is 7.56. The van der Waals surface area contributed by atoms with E-state index < -0.39 is 0 Å². The molecule has 1 fully saturated rings. The monoisotopic (exact) mass is 553 g/mol. The highest BCUT2D eigenvalue weighted by Gasteiger charge is 2.16. The Kier molecular flexibility index (Phi) is 11.4. The van der Waals surface area contributed by atoms with Crippen molar-refractivity contribution >= 4 is 35.6 Å². The number of ether oxygens (including phenoxy) is 2. The first kappa shape index (κ1) is 26.1. The Balaban J connectivity index is 0.00000363. The third-order valence-corrected chi connectivity index (χ3v) is 5.57. The lowest BCUT2D eigenvalue weighted by Gasteiger charge is -2.36. The Morgan fingerprint density at radius 1 is 0.938 bits per heavy atom. The van der Waals surface area contributed by atoms with E-state index in [-0.39, 0.29) is 24.0 Å². The van der Waals surface area contributed by atoms with Crippen LogP contribution in [0.15, 0.2) is 53.5 Å². The van der Waals surface area contributed by atoms with Crippen molar-refractivity contribution in [3.63, 3.8) is 0 Å². The van der Waals surface area contributed by atoms with Crippen molar-refractivity contribution in [3.05, 3.63) is 54.1 Å². The number of para-hydroxylation sites is 1. The van der Waals surface area contributed by atoms with Crippen molar-refractivity contribution in [2.45, 2.75) is 13.0 Å². The van der Waals surface area contributed by atoms with Crippen LogP contribution in [0.4, 0.5) is 5.69 Å². The smallest absolute Gasteiger partial charge is 0.191 e. The van der Waals surface area contributed by atoms with E-state index in [9.17, 15) is 0 Å². The van der Waals surface area contributed by atoms with Crippen LogP contribution in [-0.2, 0) is 6.54 Å². The van der Waals surface area contributed by atoms with Gasteiger partial charge in [-0.1, -0.05) is 24.3 Å². The Bertz CT molecular complexity index is 826. The summed E-state index contributed by atoms with van der Waals surface area (Å²) in [6, 6.07) is 16.6. The van der Waals surface area contributed by atoms with Crippen LogP contribution in [0.1, 0.15) is 12.0 Å². The summed E-state index contributed by atoms with van der Waals surface area (Å²) in [5.74, 6) is 2.28. The fourth-order valence-electron chi connectivity index (χ4n) is 3.77. The van der Waals surface area contributed by atoms with Crippen molar-refractivity contribution in [1.82, 2.24) is 15.5 Å². The number of anilines is 1. The molecule has 0 spiro atoms. The minimum atomic E-state index is 0. The topological polar surface area (TPSA) is 61.4 Å². The maximum absolute atomic E-state index is 5.37. The predicted molar refractivity (Wildman–Crippen MR) is 143 cm³/mol. The number of guanidine groups is 1. The largest absolute Gasteiger partial charge is 0.493 e. The Morgan fingerprint density at radius 2 is 1.66 bits per heavy atom. The van der Waals surface area contributed by atoms with Gasteiger partial charge in [0.25, 0.3) is 0 Å². The number of methoxy groups -OCH3 is 2. The van der Waals surface area contributed by atoms with Crippen LogP contribution in [0, 0.1) is 0 Å². The highest BCUT2D eigenvalue weighted by Crippen LogP contribution is 2.27. The van der Waals surface area contributed by atoms with Gasteiger partial charge in [0.1, 0.15) is 0 Å². The number of hydrogen-bond donors (Lipinski definition) is 2. The molecule has 176 valence electrons. The van der Waals surface area contributed by atoms with Gasteiger partial charge >= 0.3 is 0 Å². The van der Waals surface area contributed by atoms with Crippen molar-refractivity contribution in [2.75, 3.05) is 65.4 Å². The maximum atomic E-state index is 5.37. The minimum Gasteiger partial charge on any atom is -0.493 e. The van der Waals surface area contributed by atoms with E-state index >= 15 is 0 Å². The molecule has 7 nitrogen and oxygen atoms in total. The molecule has 1 heterocycles. The first-order valence-corrected chi connectivity index (χ1v) is 10.9. The van der Waals surface area contributed by atoms with E-state index in [1.807, 2.05) is 18.2 Å². The molecule has 0 aromatic heterocycles. The van der Waals surface area contributed by atoms with Crippen LogP contribution < -0.4 is 25.0 Å². The van der Waals surface area contributed by atoms with Crippen LogP contribution in [0.2, 0.25) is 0 Å². The maximum Gasteiger partial charge on any atom is 0.191 e. The summed E-state index contributed by atoms with van der Waals surface area (Å²) in [4.78, 5) is 9.34. The quantitative estimate of drug-likeness (QED) is 0.215. The van der Waals surface area contributed by atoms with E-state index in [1.54, 1.807) is 21.3 Å². The second-order valence-corrected chi connectivity index (χ2v) is 7.56. The standard InChI is InChI=1S/C24H35N5O2.HI/c1-25-24(27-19-20-10-11-22(30-2)23(18-20)31-3)26-12-7-13-28-14-16-29(17-15-28)21-8-5-4-6-9-21;/h4-6,8-11,18H,7,12-17,19H2,1-3H3,(H2,25,26,27);1H. The molecule has 1 aliphatic heterocycles. The van der Waals surface area contributed by atoms with Crippen molar-refractivity contribution in [2.24, 2.45) is 4.99 Å². The number of nitrogens with zero attached hydrogens (tertiary/aromatic N) is 3. The molecular formula is C24H36IN5O2. The molecule has 2 aromatic carbocycles. The van der Waals surface area contributed by atoms with Crippen LogP contribution in [0.25, 0.3) is 0 Å². The van der Waals surface area contributed by atoms with Crippen molar-refractivity contribution in [3.8, 4) is 11.5 Å². The molecular weight excluding hydrogens is 517 g/mol. The molecule has 0 unspecified atom stereocenters.